The Morgan fingerprint density at radius 2 is 1.81 bits per heavy atom. The van der Waals surface area contributed by atoms with Crippen molar-refractivity contribution in [3.05, 3.63) is 89.8 Å². The number of aryl methyl sites for hydroxylation is 1. The molecule has 0 heterocycles. The van der Waals surface area contributed by atoms with Crippen LogP contribution in [0.3, 0.4) is 0 Å². The first-order valence-corrected chi connectivity index (χ1v) is 11.4. The summed E-state index contributed by atoms with van der Waals surface area (Å²) in [6.45, 7) is 1.85. The molecule has 0 bridgehead atoms. The highest BCUT2D eigenvalue weighted by Gasteiger charge is 2.21. The average molecular weight is 583 g/mol. The largest absolute Gasteiger partial charge is 0.495 e. The molecule has 0 spiro atoms. The van der Waals surface area contributed by atoms with Crippen molar-refractivity contribution in [3.63, 3.8) is 0 Å². The molecule has 1 unspecified atom stereocenters. The van der Waals surface area contributed by atoms with Crippen LogP contribution in [0.4, 0.5) is 5.69 Å². The number of carbonyl (C=O) groups excluding carboxylic acids is 1. The zero-order valence-corrected chi connectivity index (χ0v) is 21.2. The van der Waals surface area contributed by atoms with Crippen molar-refractivity contribution in [2.24, 2.45) is 0 Å². The van der Waals surface area contributed by atoms with E-state index >= 15 is 0 Å². The number of methoxy groups -OCH3 is 1. The zero-order chi connectivity index (χ0) is 22.7. The molecule has 0 aliphatic carbocycles. The standard InChI is InChI=1S/C23H16Br2Cl2N2O2/c1-12-7-16(18(11-28)13-3-5-15(26)6-4-13)20(27)10-21(12)29-23(30)17-8-14(24)9-19(25)22(17)31-2/h3-10,18H,1-2H3,(H,29,30). The molecule has 1 amide bonds. The molecule has 0 aromatic heterocycles. The van der Waals surface area contributed by atoms with Crippen molar-refractivity contribution in [1.82, 2.24) is 0 Å². The van der Waals surface area contributed by atoms with Crippen LogP contribution in [0.2, 0.25) is 10.0 Å². The fourth-order valence-corrected chi connectivity index (χ4v) is 4.95. The van der Waals surface area contributed by atoms with Crippen LogP contribution in [0.5, 0.6) is 5.75 Å². The minimum atomic E-state index is -0.561. The van der Waals surface area contributed by atoms with Gasteiger partial charge in [0.1, 0.15) is 5.75 Å². The third-order valence-electron chi connectivity index (χ3n) is 4.69. The molecule has 8 heteroatoms. The Hall–Kier alpha value is -2.04. The Kier molecular flexibility index (Phi) is 7.66. The van der Waals surface area contributed by atoms with Gasteiger partial charge in [-0.2, -0.15) is 5.26 Å². The van der Waals surface area contributed by atoms with Gasteiger partial charge in [0.2, 0.25) is 0 Å². The van der Waals surface area contributed by atoms with E-state index in [0.29, 0.717) is 37.1 Å². The minimum Gasteiger partial charge on any atom is -0.495 e. The smallest absolute Gasteiger partial charge is 0.259 e. The number of ether oxygens (including phenoxy) is 1. The second-order valence-electron chi connectivity index (χ2n) is 6.72. The number of nitrogens with one attached hydrogen (secondary N) is 1. The molecule has 31 heavy (non-hydrogen) atoms. The molecule has 3 rings (SSSR count). The quantitative estimate of drug-likeness (QED) is 0.335. The van der Waals surface area contributed by atoms with Gasteiger partial charge in [-0.15, -0.1) is 0 Å². The molecule has 0 saturated carbocycles. The van der Waals surface area contributed by atoms with Crippen LogP contribution in [0.1, 0.15) is 33.0 Å². The molecule has 0 aliphatic rings. The van der Waals surface area contributed by atoms with Crippen LogP contribution in [0.15, 0.2) is 57.5 Å². The second-order valence-corrected chi connectivity index (χ2v) is 9.34. The highest BCUT2D eigenvalue weighted by molar-refractivity contribution is 9.11. The summed E-state index contributed by atoms with van der Waals surface area (Å²) >= 11 is 19.3. The van der Waals surface area contributed by atoms with Gasteiger partial charge in [0, 0.05) is 20.2 Å². The minimum absolute atomic E-state index is 0.347. The molecule has 3 aromatic carbocycles. The Labute approximate surface area is 207 Å². The fraction of sp³-hybridized carbons (Fsp3) is 0.130. The van der Waals surface area contributed by atoms with Gasteiger partial charge in [0.25, 0.3) is 5.91 Å². The van der Waals surface area contributed by atoms with E-state index in [9.17, 15) is 10.1 Å². The highest BCUT2D eigenvalue weighted by atomic mass is 79.9. The van der Waals surface area contributed by atoms with Gasteiger partial charge >= 0.3 is 0 Å². The van der Waals surface area contributed by atoms with Crippen molar-refractivity contribution in [2.45, 2.75) is 12.8 Å². The number of benzene rings is 3. The van der Waals surface area contributed by atoms with Crippen molar-refractivity contribution in [1.29, 1.82) is 5.26 Å². The van der Waals surface area contributed by atoms with Gasteiger partial charge in [-0.3, -0.25) is 4.79 Å². The fourth-order valence-electron chi connectivity index (χ4n) is 3.16. The lowest BCUT2D eigenvalue weighted by Gasteiger charge is -2.17. The number of nitrogens with zero attached hydrogens (tertiary/aromatic N) is 1. The van der Waals surface area contributed by atoms with E-state index in [1.807, 2.05) is 13.0 Å². The van der Waals surface area contributed by atoms with Crippen LogP contribution >= 0.6 is 55.1 Å². The Morgan fingerprint density at radius 3 is 2.42 bits per heavy atom. The number of anilines is 1. The summed E-state index contributed by atoms with van der Waals surface area (Å²) in [4.78, 5) is 12.9. The van der Waals surface area contributed by atoms with E-state index < -0.39 is 5.92 Å². The molecule has 0 aliphatic heterocycles. The maximum Gasteiger partial charge on any atom is 0.259 e. The summed E-state index contributed by atoms with van der Waals surface area (Å²) in [5, 5.41) is 13.6. The van der Waals surface area contributed by atoms with Gasteiger partial charge < -0.3 is 10.1 Å². The number of rotatable bonds is 5. The first-order chi connectivity index (χ1) is 14.7. The van der Waals surface area contributed by atoms with Crippen LogP contribution in [0, 0.1) is 18.3 Å². The van der Waals surface area contributed by atoms with E-state index in [0.717, 1.165) is 15.6 Å². The summed E-state index contributed by atoms with van der Waals surface area (Å²) in [5.74, 6) is -0.483. The van der Waals surface area contributed by atoms with Gasteiger partial charge in [0.05, 0.1) is 29.1 Å². The maximum absolute atomic E-state index is 12.9. The SMILES string of the molecule is COc1c(Br)cc(Br)cc1C(=O)Nc1cc(Cl)c(C(C#N)c2ccc(Cl)cc2)cc1C. The van der Waals surface area contributed by atoms with Crippen LogP contribution < -0.4 is 10.1 Å². The molecule has 3 aromatic rings. The first-order valence-electron chi connectivity index (χ1n) is 9.04. The summed E-state index contributed by atoms with van der Waals surface area (Å²) in [6, 6.07) is 16.3. The maximum atomic E-state index is 12.9. The van der Waals surface area contributed by atoms with Crippen LogP contribution in [-0.4, -0.2) is 13.0 Å². The summed E-state index contributed by atoms with van der Waals surface area (Å²) in [5.41, 5.74) is 3.12. The van der Waals surface area contributed by atoms with E-state index in [-0.39, 0.29) is 5.91 Å². The molecule has 0 saturated heterocycles. The molecule has 4 nitrogen and oxygen atoms in total. The first kappa shape index (κ1) is 23.6. The average Bonchev–Trinajstić information content (AvgIpc) is 2.72. The Bertz CT molecular complexity index is 1190. The van der Waals surface area contributed by atoms with E-state index in [1.54, 1.807) is 42.5 Å². The number of carbonyl (C=O) groups is 1. The van der Waals surface area contributed by atoms with E-state index in [4.69, 9.17) is 27.9 Å². The van der Waals surface area contributed by atoms with Crippen LogP contribution in [0.25, 0.3) is 0 Å². The van der Waals surface area contributed by atoms with Gasteiger partial charge in [-0.05, 0) is 69.9 Å². The second kappa shape index (κ2) is 10.1. The number of amides is 1. The molecule has 0 radical (unpaired) electrons. The lowest BCUT2D eigenvalue weighted by molar-refractivity contribution is 0.102. The summed E-state index contributed by atoms with van der Waals surface area (Å²) < 4.78 is 6.75. The third-order valence-corrected chi connectivity index (χ3v) is 6.32. The summed E-state index contributed by atoms with van der Waals surface area (Å²) in [7, 11) is 1.50. The highest BCUT2D eigenvalue weighted by Crippen LogP contribution is 2.36. The monoisotopic (exact) mass is 580 g/mol. The van der Waals surface area contributed by atoms with Crippen molar-refractivity contribution < 1.29 is 9.53 Å². The Balaban J connectivity index is 1.95. The molecule has 1 N–H and O–H groups in total. The van der Waals surface area contributed by atoms with Gasteiger partial charge in [-0.1, -0.05) is 57.3 Å². The van der Waals surface area contributed by atoms with Crippen molar-refractivity contribution in [3.8, 4) is 11.8 Å². The molecule has 1 atom stereocenters. The molecule has 0 fully saturated rings. The molecular weight excluding hydrogens is 567 g/mol. The van der Waals surface area contributed by atoms with Crippen molar-refractivity contribution >= 4 is 66.7 Å². The lowest BCUT2D eigenvalue weighted by Crippen LogP contribution is -2.15. The number of hydrogen-bond acceptors (Lipinski definition) is 3. The summed E-state index contributed by atoms with van der Waals surface area (Å²) in [6.07, 6.45) is 0. The normalized spacial score (nSPS) is 11.5. The zero-order valence-electron chi connectivity index (χ0n) is 16.5. The predicted molar refractivity (Wildman–Crippen MR) is 131 cm³/mol. The Morgan fingerprint density at radius 1 is 1.13 bits per heavy atom. The van der Waals surface area contributed by atoms with Crippen molar-refractivity contribution in [2.75, 3.05) is 12.4 Å². The third kappa shape index (κ3) is 5.24. The van der Waals surface area contributed by atoms with Gasteiger partial charge in [0.15, 0.2) is 0 Å². The van der Waals surface area contributed by atoms with Crippen LogP contribution in [-0.2, 0) is 0 Å². The number of hydrogen-bond donors (Lipinski definition) is 1. The van der Waals surface area contributed by atoms with E-state index in [1.165, 1.54) is 7.11 Å². The topological polar surface area (TPSA) is 62.1 Å². The number of halogens is 4. The number of nitriles is 1. The lowest BCUT2D eigenvalue weighted by atomic mass is 9.91. The van der Waals surface area contributed by atoms with Gasteiger partial charge in [-0.25, -0.2) is 0 Å². The molecular formula is C23H16Br2Cl2N2O2. The predicted octanol–water partition coefficient (Wildman–Crippen LogP) is 7.74. The molecule has 158 valence electrons. The van der Waals surface area contributed by atoms with E-state index in [2.05, 4.69) is 43.2 Å².